The molecule has 0 aromatic heterocycles. The van der Waals surface area contributed by atoms with E-state index in [1.807, 2.05) is 12.1 Å². The smallest absolute Gasteiger partial charge is 0.148 e. The molecule has 26 heavy (non-hydrogen) atoms. The van der Waals surface area contributed by atoms with Gasteiger partial charge < -0.3 is 0 Å². The van der Waals surface area contributed by atoms with E-state index in [9.17, 15) is 4.79 Å². The molecule has 4 atom stereocenters. The van der Waals surface area contributed by atoms with Crippen LogP contribution in [-0.4, -0.2) is 5.78 Å². The van der Waals surface area contributed by atoms with Crippen molar-refractivity contribution in [1.82, 2.24) is 0 Å². The zero-order chi connectivity index (χ0) is 18.4. The van der Waals surface area contributed by atoms with Crippen molar-refractivity contribution in [2.45, 2.75) is 51.9 Å². The van der Waals surface area contributed by atoms with Gasteiger partial charge in [0.2, 0.25) is 0 Å². The van der Waals surface area contributed by atoms with Crippen LogP contribution in [0.5, 0.6) is 0 Å². The second kappa shape index (κ2) is 6.37. The van der Waals surface area contributed by atoms with E-state index in [-0.39, 0.29) is 5.41 Å². The molecule has 2 aliphatic rings. The highest BCUT2D eigenvalue weighted by molar-refractivity contribution is 5.95. The van der Waals surface area contributed by atoms with Crippen LogP contribution in [0.25, 0.3) is 0 Å². The van der Waals surface area contributed by atoms with Gasteiger partial charge in [-0.25, -0.2) is 0 Å². The second-order valence-electron chi connectivity index (χ2n) is 8.99. The molecule has 0 spiro atoms. The zero-order valence-corrected chi connectivity index (χ0v) is 16.2. The van der Waals surface area contributed by atoms with Crippen LogP contribution in [-0.2, 0) is 10.2 Å². The number of carbonyl (C=O) groups is 1. The van der Waals surface area contributed by atoms with E-state index in [2.05, 4.69) is 69.3 Å². The maximum atomic E-state index is 13.7. The molecule has 136 valence electrons. The highest BCUT2D eigenvalue weighted by atomic mass is 16.1. The summed E-state index contributed by atoms with van der Waals surface area (Å²) in [6.07, 6.45) is 4.12. The summed E-state index contributed by atoms with van der Waals surface area (Å²) >= 11 is 0. The van der Waals surface area contributed by atoms with Crippen molar-refractivity contribution in [2.24, 2.45) is 23.2 Å². The summed E-state index contributed by atoms with van der Waals surface area (Å²) in [4.78, 5) is 13.7. The standard InChI is InChI=1S/C25H30O/c1-18-14-15-22-16-23(26)25(17-24(22,3)19(18)2,20-10-6-4-7-11-20)21-12-8-5-9-13-21/h4-13,18-19,22H,14-17H2,1-3H3/t18-,19+,22?,24-/m1/s1. The molecule has 2 saturated carbocycles. The van der Waals surface area contributed by atoms with Gasteiger partial charge in [-0.2, -0.15) is 0 Å². The quantitative estimate of drug-likeness (QED) is 0.649. The van der Waals surface area contributed by atoms with Crippen molar-refractivity contribution in [3.8, 4) is 0 Å². The molecule has 0 radical (unpaired) electrons. The topological polar surface area (TPSA) is 17.1 Å². The predicted octanol–water partition coefficient (Wildman–Crippen LogP) is 6.02. The largest absolute Gasteiger partial charge is 0.298 e. The lowest BCUT2D eigenvalue weighted by Gasteiger charge is -2.57. The van der Waals surface area contributed by atoms with Gasteiger partial charge in [0, 0.05) is 6.42 Å². The lowest BCUT2D eigenvalue weighted by Crippen LogP contribution is -2.55. The molecule has 0 saturated heterocycles. The molecule has 1 nitrogen and oxygen atoms in total. The minimum Gasteiger partial charge on any atom is -0.298 e. The third-order valence-corrected chi connectivity index (χ3v) is 7.88. The summed E-state index contributed by atoms with van der Waals surface area (Å²) in [5.41, 5.74) is 2.04. The summed E-state index contributed by atoms with van der Waals surface area (Å²) in [7, 11) is 0. The summed E-state index contributed by atoms with van der Waals surface area (Å²) in [6, 6.07) is 21.0. The first-order chi connectivity index (χ1) is 12.5. The fourth-order valence-corrected chi connectivity index (χ4v) is 5.91. The van der Waals surface area contributed by atoms with E-state index in [0.29, 0.717) is 17.6 Å². The maximum absolute atomic E-state index is 13.7. The van der Waals surface area contributed by atoms with Crippen molar-refractivity contribution in [1.29, 1.82) is 0 Å². The first kappa shape index (κ1) is 17.5. The number of Topliss-reactive ketones (excluding diaryl/α,β-unsaturated/α-hetero) is 1. The molecule has 0 aliphatic heterocycles. The van der Waals surface area contributed by atoms with Gasteiger partial charge in [-0.05, 0) is 47.1 Å². The van der Waals surface area contributed by atoms with E-state index >= 15 is 0 Å². The minimum atomic E-state index is -0.501. The van der Waals surface area contributed by atoms with Crippen LogP contribution in [0.1, 0.15) is 57.6 Å². The van der Waals surface area contributed by atoms with E-state index in [1.54, 1.807) is 0 Å². The maximum Gasteiger partial charge on any atom is 0.148 e. The molecule has 2 aromatic carbocycles. The van der Waals surface area contributed by atoms with Crippen LogP contribution < -0.4 is 0 Å². The summed E-state index contributed by atoms with van der Waals surface area (Å²) < 4.78 is 0. The molecule has 0 heterocycles. The van der Waals surface area contributed by atoms with Gasteiger partial charge in [0.15, 0.2) is 0 Å². The molecular formula is C25H30O. The first-order valence-electron chi connectivity index (χ1n) is 10.1. The Morgan fingerprint density at radius 1 is 0.846 bits per heavy atom. The van der Waals surface area contributed by atoms with Crippen LogP contribution in [0.3, 0.4) is 0 Å². The normalized spacial score (nSPS) is 33.5. The van der Waals surface area contributed by atoms with E-state index in [0.717, 1.165) is 18.8 Å². The van der Waals surface area contributed by atoms with Crippen molar-refractivity contribution in [2.75, 3.05) is 0 Å². The lowest BCUT2D eigenvalue weighted by atomic mass is 9.46. The van der Waals surface area contributed by atoms with Gasteiger partial charge in [0.25, 0.3) is 0 Å². The number of benzene rings is 2. The van der Waals surface area contributed by atoms with E-state index in [1.165, 1.54) is 24.0 Å². The molecule has 2 aromatic rings. The number of hydrogen-bond acceptors (Lipinski definition) is 1. The average molecular weight is 347 g/mol. The Hall–Kier alpha value is -1.89. The predicted molar refractivity (Wildman–Crippen MR) is 107 cm³/mol. The average Bonchev–Trinajstić information content (AvgIpc) is 2.68. The van der Waals surface area contributed by atoms with Gasteiger partial charge in [-0.15, -0.1) is 0 Å². The fourth-order valence-electron chi connectivity index (χ4n) is 5.91. The summed E-state index contributed by atoms with van der Waals surface area (Å²) in [6.45, 7) is 7.29. The number of carbonyl (C=O) groups excluding carboxylic acids is 1. The lowest BCUT2D eigenvalue weighted by molar-refractivity contribution is -0.136. The van der Waals surface area contributed by atoms with Gasteiger partial charge in [-0.1, -0.05) is 87.9 Å². The Labute approximate surface area is 157 Å². The first-order valence-corrected chi connectivity index (χ1v) is 10.1. The van der Waals surface area contributed by atoms with Gasteiger partial charge >= 0.3 is 0 Å². The Kier molecular flexibility index (Phi) is 4.29. The monoisotopic (exact) mass is 346 g/mol. The Bertz CT molecular complexity index is 739. The molecule has 1 unspecified atom stereocenters. The Balaban J connectivity index is 1.90. The van der Waals surface area contributed by atoms with Crippen LogP contribution in [0.2, 0.25) is 0 Å². The van der Waals surface area contributed by atoms with Crippen molar-refractivity contribution >= 4 is 5.78 Å². The van der Waals surface area contributed by atoms with Gasteiger partial charge in [0.05, 0.1) is 5.41 Å². The second-order valence-corrected chi connectivity index (χ2v) is 8.99. The number of rotatable bonds is 2. The van der Waals surface area contributed by atoms with Gasteiger partial charge in [-0.3, -0.25) is 4.79 Å². The number of hydrogen-bond donors (Lipinski definition) is 0. The Morgan fingerprint density at radius 2 is 1.38 bits per heavy atom. The highest BCUT2D eigenvalue weighted by Gasteiger charge is 2.57. The number of fused-ring (bicyclic) bond motifs is 1. The third-order valence-electron chi connectivity index (χ3n) is 7.88. The van der Waals surface area contributed by atoms with Crippen molar-refractivity contribution in [3.63, 3.8) is 0 Å². The fraction of sp³-hybridized carbons (Fsp3) is 0.480. The zero-order valence-electron chi connectivity index (χ0n) is 16.2. The SMILES string of the molecule is C[C@@H]1CCC2CC(=O)C(c3ccccc3)(c3ccccc3)C[C@]2(C)[C@H]1C. The van der Waals surface area contributed by atoms with E-state index in [4.69, 9.17) is 0 Å². The summed E-state index contributed by atoms with van der Waals surface area (Å²) in [5.74, 6) is 2.32. The molecule has 2 fully saturated rings. The Morgan fingerprint density at radius 3 is 1.92 bits per heavy atom. The molecule has 2 aliphatic carbocycles. The molecule has 4 rings (SSSR count). The molecule has 0 N–H and O–H groups in total. The minimum absolute atomic E-state index is 0.206. The van der Waals surface area contributed by atoms with Crippen molar-refractivity contribution < 1.29 is 4.79 Å². The molecule has 0 bridgehead atoms. The van der Waals surface area contributed by atoms with Crippen molar-refractivity contribution in [3.05, 3.63) is 71.8 Å². The van der Waals surface area contributed by atoms with Crippen LogP contribution >= 0.6 is 0 Å². The van der Waals surface area contributed by atoms with Gasteiger partial charge in [0.1, 0.15) is 5.78 Å². The molecule has 0 amide bonds. The number of ketones is 1. The van der Waals surface area contributed by atoms with E-state index < -0.39 is 5.41 Å². The van der Waals surface area contributed by atoms with Crippen LogP contribution in [0.4, 0.5) is 0 Å². The van der Waals surface area contributed by atoms with Crippen LogP contribution in [0, 0.1) is 23.2 Å². The summed E-state index contributed by atoms with van der Waals surface area (Å²) in [5, 5.41) is 0. The molecule has 1 heteroatoms. The molecular weight excluding hydrogens is 316 g/mol. The third kappa shape index (κ3) is 2.47. The van der Waals surface area contributed by atoms with Crippen LogP contribution in [0.15, 0.2) is 60.7 Å². The highest BCUT2D eigenvalue weighted by Crippen LogP contribution is 2.60.